The van der Waals surface area contributed by atoms with Gasteiger partial charge in [-0.1, -0.05) is 24.3 Å². The van der Waals surface area contributed by atoms with Gasteiger partial charge in [0.05, 0.1) is 5.92 Å². The van der Waals surface area contributed by atoms with Crippen LogP contribution in [0.15, 0.2) is 24.3 Å². The van der Waals surface area contributed by atoms with Gasteiger partial charge in [-0.3, -0.25) is 4.79 Å². The number of fused-ring (bicyclic) bond motifs is 1. The Kier molecular flexibility index (Phi) is 3.29. The lowest BCUT2D eigenvalue weighted by Crippen LogP contribution is -2.52. The molecule has 0 N–H and O–H groups in total. The topological polar surface area (TPSA) is 20.3 Å². The third-order valence-corrected chi connectivity index (χ3v) is 4.59. The number of nitrogens with zero attached hydrogens (tertiary/aromatic N) is 1. The van der Waals surface area contributed by atoms with Crippen molar-refractivity contribution in [3.05, 3.63) is 35.4 Å². The van der Waals surface area contributed by atoms with Crippen molar-refractivity contribution in [3.63, 3.8) is 0 Å². The van der Waals surface area contributed by atoms with Crippen molar-refractivity contribution >= 4 is 17.5 Å². The van der Waals surface area contributed by atoms with Gasteiger partial charge in [0.25, 0.3) is 0 Å². The lowest BCUT2D eigenvalue weighted by atomic mass is 9.81. The average molecular weight is 264 g/mol. The fourth-order valence-corrected chi connectivity index (χ4v) is 3.27. The lowest BCUT2D eigenvalue weighted by molar-refractivity contribution is -0.139. The highest BCUT2D eigenvalue weighted by molar-refractivity contribution is 6.18. The summed E-state index contributed by atoms with van der Waals surface area (Å²) in [6.07, 6.45) is 3.24. The van der Waals surface area contributed by atoms with E-state index in [-0.39, 0.29) is 5.92 Å². The van der Waals surface area contributed by atoms with E-state index in [1.807, 2.05) is 11.0 Å². The van der Waals surface area contributed by atoms with Crippen LogP contribution in [-0.4, -0.2) is 29.8 Å². The molecule has 0 spiro atoms. The predicted molar refractivity (Wildman–Crippen MR) is 72.9 cm³/mol. The molecule has 2 nitrogen and oxygen atoms in total. The average Bonchev–Trinajstić information content (AvgIpc) is 2.36. The number of benzene rings is 1. The van der Waals surface area contributed by atoms with Crippen LogP contribution in [0.25, 0.3) is 0 Å². The zero-order chi connectivity index (χ0) is 12.5. The summed E-state index contributed by atoms with van der Waals surface area (Å²) in [6, 6.07) is 8.39. The van der Waals surface area contributed by atoms with Gasteiger partial charge in [-0.2, -0.15) is 0 Å². The minimum atomic E-state index is 0.0891. The normalized spacial score (nSPS) is 23.4. The molecule has 3 heteroatoms. The zero-order valence-corrected chi connectivity index (χ0v) is 11.2. The largest absolute Gasteiger partial charge is 0.341 e. The van der Waals surface area contributed by atoms with Crippen LogP contribution < -0.4 is 0 Å². The van der Waals surface area contributed by atoms with E-state index in [0.717, 1.165) is 32.4 Å². The molecule has 1 saturated heterocycles. The number of likely N-dealkylation sites (tertiary alicyclic amines) is 1. The second kappa shape index (κ2) is 4.93. The summed E-state index contributed by atoms with van der Waals surface area (Å²) >= 11 is 5.80. The van der Waals surface area contributed by atoms with Gasteiger partial charge in [0.1, 0.15) is 0 Å². The molecule has 1 heterocycles. The Balaban J connectivity index is 1.76. The fraction of sp³-hybridized carbons (Fsp3) is 0.533. The molecule has 1 unspecified atom stereocenters. The molecular formula is C15H18ClNO. The Hall–Kier alpha value is -1.02. The van der Waals surface area contributed by atoms with E-state index in [9.17, 15) is 4.79 Å². The standard InChI is InChI=1S/C15H18ClNO/c16-8-11-9-17(10-11)15(18)14-7-3-5-12-4-1-2-6-13(12)14/h1-2,4,6,11,14H,3,5,7-10H2. The molecule has 96 valence electrons. The van der Waals surface area contributed by atoms with E-state index in [1.165, 1.54) is 11.1 Å². The Morgan fingerprint density at radius 3 is 2.89 bits per heavy atom. The molecule has 1 aromatic rings. The molecule has 18 heavy (non-hydrogen) atoms. The van der Waals surface area contributed by atoms with E-state index < -0.39 is 0 Å². The Bertz CT molecular complexity index is 454. The summed E-state index contributed by atoms with van der Waals surface area (Å²) < 4.78 is 0. The van der Waals surface area contributed by atoms with Crippen LogP contribution in [0.3, 0.4) is 0 Å². The lowest BCUT2D eigenvalue weighted by Gasteiger charge is -2.41. The number of hydrogen-bond acceptors (Lipinski definition) is 1. The first-order valence-corrected chi connectivity index (χ1v) is 7.25. The number of carbonyl (C=O) groups is 1. The predicted octanol–water partition coefficient (Wildman–Crippen LogP) is 2.80. The monoisotopic (exact) mass is 263 g/mol. The number of halogens is 1. The van der Waals surface area contributed by atoms with E-state index in [4.69, 9.17) is 11.6 Å². The molecular weight excluding hydrogens is 246 g/mol. The van der Waals surface area contributed by atoms with Crippen LogP contribution >= 0.6 is 11.6 Å². The van der Waals surface area contributed by atoms with Crippen LogP contribution in [0.2, 0.25) is 0 Å². The van der Waals surface area contributed by atoms with Crippen molar-refractivity contribution < 1.29 is 4.79 Å². The van der Waals surface area contributed by atoms with E-state index in [2.05, 4.69) is 18.2 Å². The molecule has 0 radical (unpaired) electrons. The molecule has 3 rings (SSSR count). The van der Waals surface area contributed by atoms with Crippen LogP contribution in [0.5, 0.6) is 0 Å². The summed E-state index contributed by atoms with van der Waals surface area (Å²) in [5, 5.41) is 0. The summed E-state index contributed by atoms with van der Waals surface area (Å²) in [6.45, 7) is 1.70. The minimum absolute atomic E-state index is 0.0891. The second-order valence-electron chi connectivity index (χ2n) is 5.41. The molecule has 1 aromatic carbocycles. The van der Waals surface area contributed by atoms with Crippen molar-refractivity contribution in [1.29, 1.82) is 0 Å². The van der Waals surface area contributed by atoms with E-state index in [0.29, 0.717) is 17.7 Å². The SMILES string of the molecule is O=C(C1CCCc2ccccc21)N1CC(CCl)C1. The molecule has 1 amide bonds. The number of rotatable bonds is 2. The first-order chi connectivity index (χ1) is 8.79. The number of alkyl halides is 1. The summed E-state index contributed by atoms with van der Waals surface area (Å²) in [7, 11) is 0. The smallest absolute Gasteiger partial charge is 0.230 e. The van der Waals surface area contributed by atoms with E-state index >= 15 is 0 Å². The summed E-state index contributed by atoms with van der Waals surface area (Å²) in [5.41, 5.74) is 2.61. The van der Waals surface area contributed by atoms with Gasteiger partial charge in [-0.15, -0.1) is 11.6 Å². The van der Waals surface area contributed by atoms with Gasteiger partial charge < -0.3 is 4.90 Å². The second-order valence-corrected chi connectivity index (χ2v) is 5.72. The van der Waals surface area contributed by atoms with Gasteiger partial charge in [-0.25, -0.2) is 0 Å². The zero-order valence-electron chi connectivity index (χ0n) is 10.4. The number of aryl methyl sites for hydroxylation is 1. The molecule has 2 aliphatic rings. The molecule has 1 fully saturated rings. The van der Waals surface area contributed by atoms with Crippen molar-refractivity contribution in [3.8, 4) is 0 Å². The quantitative estimate of drug-likeness (QED) is 0.752. The number of hydrogen-bond donors (Lipinski definition) is 0. The molecule has 1 aliphatic heterocycles. The maximum Gasteiger partial charge on any atom is 0.230 e. The van der Waals surface area contributed by atoms with Gasteiger partial charge >= 0.3 is 0 Å². The third kappa shape index (κ3) is 2.03. The minimum Gasteiger partial charge on any atom is -0.341 e. The Labute approximate surface area is 113 Å². The highest BCUT2D eigenvalue weighted by Gasteiger charge is 2.35. The maximum absolute atomic E-state index is 12.5. The van der Waals surface area contributed by atoms with Gasteiger partial charge in [0, 0.05) is 24.9 Å². The molecule has 0 aromatic heterocycles. The summed E-state index contributed by atoms with van der Waals surface area (Å²) in [5.74, 6) is 1.58. The summed E-state index contributed by atoms with van der Waals surface area (Å²) in [4.78, 5) is 14.5. The Morgan fingerprint density at radius 2 is 2.11 bits per heavy atom. The number of carbonyl (C=O) groups excluding carboxylic acids is 1. The first kappa shape index (κ1) is 12.0. The van der Waals surface area contributed by atoms with Gasteiger partial charge in [-0.05, 0) is 30.4 Å². The molecule has 0 saturated carbocycles. The van der Waals surface area contributed by atoms with Crippen molar-refractivity contribution in [2.45, 2.75) is 25.2 Å². The molecule has 1 aliphatic carbocycles. The first-order valence-electron chi connectivity index (χ1n) is 6.72. The van der Waals surface area contributed by atoms with Crippen molar-refractivity contribution in [2.24, 2.45) is 5.92 Å². The van der Waals surface area contributed by atoms with Gasteiger partial charge in [0.15, 0.2) is 0 Å². The molecule has 0 bridgehead atoms. The Morgan fingerprint density at radius 1 is 1.33 bits per heavy atom. The number of amides is 1. The highest BCUT2D eigenvalue weighted by Crippen LogP contribution is 2.34. The van der Waals surface area contributed by atoms with Crippen LogP contribution in [-0.2, 0) is 11.2 Å². The van der Waals surface area contributed by atoms with Crippen LogP contribution in [0.1, 0.15) is 29.9 Å². The third-order valence-electron chi connectivity index (χ3n) is 4.15. The van der Waals surface area contributed by atoms with Crippen LogP contribution in [0.4, 0.5) is 0 Å². The maximum atomic E-state index is 12.5. The van der Waals surface area contributed by atoms with Crippen molar-refractivity contribution in [1.82, 2.24) is 4.90 Å². The highest BCUT2D eigenvalue weighted by atomic mass is 35.5. The fourth-order valence-electron chi connectivity index (χ4n) is 3.08. The van der Waals surface area contributed by atoms with E-state index in [1.54, 1.807) is 0 Å². The van der Waals surface area contributed by atoms with Gasteiger partial charge in [0.2, 0.25) is 5.91 Å². The molecule has 1 atom stereocenters. The van der Waals surface area contributed by atoms with Crippen molar-refractivity contribution in [2.75, 3.05) is 19.0 Å². The van der Waals surface area contributed by atoms with Crippen LogP contribution in [0, 0.1) is 5.92 Å².